The number of nitrogens with one attached hydrogen (secondary N) is 1. The molecule has 1 saturated heterocycles. The van der Waals surface area contributed by atoms with E-state index in [1.165, 1.54) is 37.7 Å². The lowest BCUT2D eigenvalue weighted by Crippen LogP contribution is -2.32. The van der Waals surface area contributed by atoms with E-state index in [4.69, 9.17) is 24.5 Å². The molecule has 1 aliphatic rings. The zero-order valence-corrected chi connectivity index (χ0v) is 18.5. The van der Waals surface area contributed by atoms with Crippen molar-refractivity contribution in [3.8, 4) is 11.1 Å². The molecule has 3 N–H and O–H groups in total. The molecule has 9 nitrogen and oxygen atoms in total. The summed E-state index contributed by atoms with van der Waals surface area (Å²) in [5.74, 6) is -4.15. The van der Waals surface area contributed by atoms with Crippen molar-refractivity contribution in [2.24, 2.45) is 0 Å². The highest BCUT2D eigenvalue weighted by molar-refractivity contribution is 7.15. The van der Waals surface area contributed by atoms with E-state index in [9.17, 15) is 9.59 Å². The highest BCUT2D eigenvalue weighted by Crippen LogP contribution is 2.36. The largest absolute Gasteiger partial charge is 0.473 e. The van der Waals surface area contributed by atoms with E-state index in [0.29, 0.717) is 17.0 Å². The molecule has 2 heterocycles. The number of carbonyl (C=O) groups is 4. The summed E-state index contributed by atoms with van der Waals surface area (Å²) >= 11 is 1.36. The number of hydrogen-bond acceptors (Lipinski definition) is 7. The lowest BCUT2D eigenvalue weighted by molar-refractivity contribution is -0.159. The van der Waals surface area contributed by atoms with Gasteiger partial charge in [-0.1, -0.05) is 36.8 Å². The predicted octanol–water partition coefficient (Wildman–Crippen LogP) is 3.17. The van der Waals surface area contributed by atoms with Gasteiger partial charge in [-0.05, 0) is 31.5 Å². The number of rotatable bonds is 6. The maximum Gasteiger partial charge on any atom is 0.414 e. The number of thiophene rings is 1. The van der Waals surface area contributed by atoms with Crippen LogP contribution in [0.15, 0.2) is 35.7 Å². The number of amides is 1. The molecule has 0 unspecified atom stereocenters. The van der Waals surface area contributed by atoms with Crippen LogP contribution in [0.3, 0.4) is 0 Å². The molecule has 0 radical (unpaired) electrons. The number of nitrogens with zero attached hydrogens (tertiary/aromatic N) is 1. The van der Waals surface area contributed by atoms with Gasteiger partial charge in [-0.2, -0.15) is 0 Å². The fraction of sp³-hybridized carbons (Fsp3) is 0.364. The lowest BCUT2D eigenvalue weighted by Gasteiger charge is -2.25. The quantitative estimate of drug-likeness (QED) is 0.440. The van der Waals surface area contributed by atoms with Gasteiger partial charge in [0.1, 0.15) is 10.6 Å². The van der Waals surface area contributed by atoms with Crippen molar-refractivity contribution in [2.75, 3.05) is 32.1 Å². The van der Waals surface area contributed by atoms with E-state index in [0.717, 1.165) is 30.8 Å². The van der Waals surface area contributed by atoms with Gasteiger partial charge in [-0.15, -0.1) is 11.3 Å². The minimum absolute atomic E-state index is 0.0674. The number of likely N-dealkylation sites (tertiary alicyclic amines) is 1. The summed E-state index contributed by atoms with van der Waals surface area (Å²) in [7, 11) is 1.36. The summed E-state index contributed by atoms with van der Waals surface area (Å²) in [4.78, 5) is 45.2. The third-order valence-electron chi connectivity index (χ3n) is 4.81. The van der Waals surface area contributed by atoms with E-state index in [1.54, 1.807) is 0 Å². The third-order valence-corrected chi connectivity index (χ3v) is 5.70. The average Bonchev–Trinajstić information content (AvgIpc) is 3.22. The van der Waals surface area contributed by atoms with Crippen LogP contribution in [-0.2, 0) is 19.1 Å². The van der Waals surface area contributed by atoms with Crippen LogP contribution in [-0.4, -0.2) is 65.7 Å². The van der Waals surface area contributed by atoms with E-state index < -0.39 is 17.9 Å². The van der Waals surface area contributed by atoms with E-state index in [2.05, 4.69) is 10.2 Å². The van der Waals surface area contributed by atoms with Gasteiger partial charge in [0.05, 0.1) is 7.11 Å². The fourth-order valence-electron chi connectivity index (χ4n) is 3.22. The first kappa shape index (κ1) is 25.0. The Hall–Kier alpha value is -3.24. The summed E-state index contributed by atoms with van der Waals surface area (Å²) in [6.07, 6.45) is 4.13. The molecule has 1 aromatic carbocycles. The van der Waals surface area contributed by atoms with Crippen molar-refractivity contribution in [3.63, 3.8) is 0 Å². The molecule has 0 spiro atoms. The molecular formula is C22H26N2O7S. The Morgan fingerprint density at radius 2 is 1.66 bits per heavy atom. The number of ether oxygens (including phenoxy) is 1. The average molecular weight is 463 g/mol. The number of carboxylic acids is 2. The van der Waals surface area contributed by atoms with Crippen molar-refractivity contribution in [1.29, 1.82) is 0 Å². The van der Waals surface area contributed by atoms with E-state index in [-0.39, 0.29) is 5.91 Å². The number of piperidine rings is 1. The molecule has 1 fully saturated rings. The first-order chi connectivity index (χ1) is 15.3. The van der Waals surface area contributed by atoms with Gasteiger partial charge in [0.25, 0.3) is 0 Å². The first-order valence-corrected chi connectivity index (χ1v) is 10.9. The van der Waals surface area contributed by atoms with Crippen molar-refractivity contribution in [3.05, 3.63) is 41.3 Å². The van der Waals surface area contributed by atoms with E-state index >= 15 is 0 Å². The van der Waals surface area contributed by atoms with Crippen molar-refractivity contribution in [2.45, 2.75) is 25.7 Å². The molecule has 32 heavy (non-hydrogen) atoms. The van der Waals surface area contributed by atoms with Gasteiger partial charge in [0.2, 0.25) is 5.91 Å². The minimum atomic E-state index is -1.82. The second-order valence-electron chi connectivity index (χ2n) is 7.02. The van der Waals surface area contributed by atoms with Crippen molar-refractivity contribution >= 4 is 40.2 Å². The number of benzene rings is 1. The molecule has 2 aromatic rings. The molecule has 0 aliphatic carbocycles. The molecule has 0 atom stereocenters. The van der Waals surface area contributed by atoms with Crippen LogP contribution < -0.4 is 5.32 Å². The van der Waals surface area contributed by atoms with Gasteiger partial charge in [-0.25, -0.2) is 14.4 Å². The summed E-state index contributed by atoms with van der Waals surface area (Å²) in [6.45, 7) is 2.89. The van der Waals surface area contributed by atoms with Gasteiger partial charge in [0.15, 0.2) is 0 Å². The van der Waals surface area contributed by atoms with Crippen LogP contribution >= 0.6 is 11.3 Å². The molecule has 0 saturated carbocycles. The van der Waals surface area contributed by atoms with Gasteiger partial charge in [-0.3, -0.25) is 4.79 Å². The number of methoxy groups -OCH3 is 1. The Morgan fingerprint density at radius 3 is 2.22 bits per heavy atom. The van der Waals surface area contributed by atoms with Crippen LogP contribution in [0, 0.1) is 0 Å². The Balaban J connectivity index is 0.000000534. The molecule has 1 amide bonds. The molecule has 0 bridgehead atoms. The number of anilines is 1. The maximum atomic E-state index is 12.4. The van der Waals surface area contributed by atoms with Crippen LogP contribution in [0.5, 0.6) is 0 Å². The Bertz CT molecular complexity index is 925. The molecular weight excluding hydrogens is 436 g/mol. The highest BCUT2D eigenvalue weighted by Gasteiger charge is 2.22. The zero-order valence-electron chi connectivity index (χ0n) is 17.7. The fourth-order valence-corrected chi connectivity index (χ4v) is 4.19. The second kappa shape index (κ2) is 12.6. The maximum absolute atomic E-state index is 12.4. The lowest BCUT2D eigenvalue weighted by atomic mass is 10.0. The van der Waals surface area contributed by atoms with Crippen molar-refractivity contribution in [1.82, 2.24) is 4.90 Å². The standard InChI is InChI=1S/C20H24N2O3S.C2H2O4/c1-25-20(24)18-16(15-8-4-2-5-9-15)14-26-19(18)21-17(23)10-13-22-11-6-3-7-12-22;3-1(4)2(5)6/h2,4-5,8-9,14H,3,6-7,10-13H2,1H3,(H,21,23);(H,3,4)(H,5,6). The molecule has 1 aromatic heterocycles. The van der Waals surface area contributed by atoms with Gasteiger partial charge in [0, 0.05) is 23.9 Å². The number of esters is 1. The van der Waals surface area contributed by atoms with E-state index in [1.807, 2.05) is 35.7 Å². The molecule has 10 heteroatoms. The van der Waals surface area contributed by atoms with Crippen LogP contribution in [0.25, 0.3) is 11.1 Å². The van der Waals surface area contributed by atoms with Gasteiger partial charge < -0.3 is 25.2 Å². The molecule has 3 rings (SSSR count). The summed E-state index contributed by atoms with van der Waals surface area (Å²) < 4.78 is 4.94. The Kier molecular flexibility index (Phi) is 9.83. The Labute approximate surface area is 189 Å². The number of carbonyl (C=O) groups excluding carboxylic acids is 2. The van der Waals surface area contributed by atoms with Crippen LogP contribution in [0.2, 0.25) is 0 Å². The Morgan fingerprint density at radius 1 is 1.03 bits per heavy atom. The highest BCUT2D eigenvalue weighted by atomic mass is 32.1. The molecule has 172 valence electrons. The van der Waals surface area contributed by atoms with Gasteiger partial charge >= 0.3 is 17.9 Å². The number of carboxylic acid groups (broad SMARTS) is 2. The van der Waals surface area contributed by atoms with Crippen LogP contribution in [0.4, 0.5) is 5.00 Å². The normalized spacial score (nSPS) is 13.4. The summed E-state index contributed by atoms with van der Waals surface area (Å²) in [5.41, 5.74) is 2.14. The number of aliphatic carboxylic acids is 2. The smallest absolute Gasteiger partial charge is 0.414 e. The van der Waals surface area contributed by atoms with Crippen LogP contribution in [0.1, 0.15) is 36.0 Å². The predicted molar refractivity (Wildman–Crippen MR) is 120 cm³/mol. The summed E-state index contributed by atoms with van der Waals surface area (Å²) in [6, 6.07) is 9.65. The molecule has 1 aliphatic heterocycles. The monoisotopic (exact) mass is 462 g/mol. The second-order valence-corrected chi connectivity index (χ2v) is 7.90. The third kappa shape index (κ3) is 7.47. The van der Waals surface area contributed by atoms with Crippen molar-refractivity contribution < 1.29 is 34.1 Å². The first-order valence-electron chi connectivity index (χ1n) is 10.1. The summed E-state index contributed by atoms with van der Waals surface area (Å²) in [5, 5.41) is 20.1. The SMILES string of the molecule is COC(=O)c1c(-c2ccccc2)csc1NC(=O)CCN1CCCCC1.O=C(O)C(=O)O. The topological polar surface area (TPSA) is 133 Å². The number of hydrogen-bond donors (Lipinski definition) is 3. The zero-order chi connectivity index (χ0) is 23.5. The minimum Gasteiger partial charge on any atom is -0.473 e.